The zero-order valence-electron chi connectivity index (χ0n) is 10.0. The Labute approximate surface area is 125 Å². The van der Waals surface area contributed by atoms with Gasteiger partial charge in [-0.05, 0) is 41.5 Å². The van der Waals surface area contributed by atoms with Crippen molar-refractivity contribution in [2.75, 3.05) is 25.1 Å². The number of rotatable bonds is 2. The molecule has 0 N–H and O–H groups in total. The predicted octanol–water partition coefficient (Wildman–Crippen LogP) is 2.73. The number of methoxy groups -OCH3 is 1. The minimum Gasteiger partial charge on any atom is -0.469 e. The summed E-state index contributed by atoms with van der Waals surface area (Å²) >= 11 is 8.44. The van der Waals surface area contributed by atoms with E-state index in [1.54, 1.807) is 6.20 Å². The first-order valence-electron chi connectivity index (χ1n) is 5.76. The molecule has 0 radical (unpaired) electrons. The number of anilines is 1. The first-order valence-corrected chi connectivity index (χ1v) is 7.22. The van der Waals surface area contributed by atoms with Crippen LogP contribution in [0.25, 0.3) is 0 Å². The first kappa shape index (κ1) is 13.9. The third-order valence-corrected chi connectivity index (χ3v) is 4.74. The van der Waals surface area contributed by atoms with Crippen molar-refractivity contribution in [3.05, 3.63) is 20.9 Å². The van der Waals surface area contributed by atoms with E-state index in [2.05, 4.69) is 32.5 Å². The summed E-state index contributed by atoms with van der Waals surface area (Å²) in [5.41, 5.74) is 0. The smallest absolute Gasteiger partial charge is 0.308 e. The third-order valence-electron chi connectivity index (χ3n) is 3.15. The molecule has 0 aromatic carbocycles. The minimum atomic E-state index is -0.114. The maximum Gasteiger partial charge on any atom is 0.308 e. The van der Waals surface area contributed by atoms with E-state index in [9.17, 15) is 4.79 Å². The summed E-state index contributed by atoms with van der Waals surface area (Å²) in [5, 5.41) is 0.689. The molecule has 2 rings (SSSR count). The SMILES string of the molecule is COC(=O)C1CCN(c2nccc(I)c2Cl)CC1. The number of ether oxygens (including phenoxy) is 1. The molecule has 1 aromatic heterocycles. The Kier molecular flexibility index (Phi) is 4.66. The predicted molar refractivity (Wildman–Crippen MR) is 78.9 cm³/mol. The number of hydrogen-bond acceptors (Lipinski definition) is 4. The molecule has 1 aliphatic heterocycles. The Morgan fingerprint density at radius 3 is 2.83 bits per heavy atom. The number of halogens is 2. The molecule has 1 aromatic rings. The highest BCUT2D eigenvalue weighted by Gasteiger charge is 2.27. The lowest BCUT2D eigenvalue weighted by Gasteiger charge is -2.32. The van der Waals surface area contributed by atoms with E-state index in [0.29, 0.717) is 5.02 Å². The lowest BCUT2D eigenvalue weighted by Crippen LogP contribution is -2.37. The molecule has 1 aliphatic rings. The highest BCUT2D eigenvalue weighted by atomic mass is 127. The van der Waals surface area contributed by atoms with Gasteiger partial charge in [-0.1, -0.05) is 11.6 Å². The van der Waals surface area contributed by atoms with Crippen molar-refractivity contribution >= 4 is 46.0 Å². The minimum absolute atomic E-state index is 0.00723. The number of piperidine rings is 1. The largest absolute Gasteiger partial charge is 0.469 e. The molecule has 0 unspecified atom stereocenters. The van der Waals surface area contributed by atoms with Gasteiger partial charge in [-0.2, -0.15) is 0 Å². The van der Waals surface area contributed by atoms with Crippen LogP contribution >= 0.6 is 34.2 Å². The Bertz CT molecular complexity index is 448. The van der Waals surface area contributed by atoms with Gasteiger partial charge >= 0.3 is 5.97 Å². The molecule has 0 aliphatic carbocycles. The molecule has 2 heterocycles. The van der Waals surface area contributed by atoms with Gasteiger partial charge in [0.1, 0.15) is 5.82 Å². The van der Waals surface area contributed by atoms with Gasteiger partial charge in [-0.15, -0.1) is 0 Å². The fourth-order valence-corrected chi connectivity index (χ4v) is 2.76. The van der Waals surface area contributed by atoms with Gasteiger partial charge in [0.15, 0.2) is 0 Å². The highest BCUT2D eigenvalue weighted by Crippen LogP contribution is 2.30. The standard InChI is InChI=1S/C12H14ClIN2O2/c1-18-12(17)8-3-6-16(7-4-8)11-10(13)9(14)2-5-15-11/h2,5,8H,3-4,6-7H2,1H3. The molecule has 6 heteroatoms. The third kappa shape index (κ3) is 2.88. The van der Waals surface area contributed by atoms with Crippen molar-refractivity contribution < 1.29 is 9.53 Å². The number of carbonyl (C=O) groups excluding carboxylic acids is 1. The number of nitrogens with zero attached hydrogens (tertiary/aromatic N) is 2. The van der Waals surface area contributed by atoms with Crippen LogP contribution in [0.5, 0.6) is 0 Å². The van der Waals surface area contributed by atoms with Gasteiger partial charge in [0.2, 0.25) is 0 Å². The molecule has 4 nitrogen and oxygen atoms in total. The van der Waals surface area contributed by atoms with Crippen LogP contribution in [0.3, 0.4) is 0 Å². The lowest BCUT2D eigenvalue weighted by molar-refractivity contribution is -0.146. The summed E-state index contributed by atoms with van der Waals surface area (Å²) in [6.45, 7) is 1.57. The number of hydrogen-bond donors (Lipinski definition) is 0. The Morgan fingerprint density at radius 2 is 2.22 bits per heavy atom. The summed E-state index contributed by atoms with van der Waals surface area (Å²) in [6.07, 6.45) is 3.34. The Balaban J connectivity index is 2.06. The van der Waals surface area contributed by atoms with E-state index in [1.165, 1.54) is 7.11 Å². The van der Waals surface area contributed by atoms with E-state index >= 15 is 0 Å². The maximum absolute atomic E-state index is 11.4. The molecule has 0 saturated carbocycles. The van der Waals surface area contributed by atoms with E-state index in [1.807, 2.05) is 6.07 Å². The zero-order valence-corrected chi connectivity index (χ0v) is 12.9. The van der Waals surface area contributed by atoms with Crippen molar-refractivity contribution in [1.29, 1.82) is 0 Å². The first-order chi connectivity index (χ1) is 8.63. The quantitative estimate of drug-likeness (QED) is 0.584. The molecule has 1 fully saturated rings. The van der Waals surface area contributed by atoms with Crippen LogP contribution < -0.4 is 4.90 Å². The number of esters is 1. The monoisotopic (exact) mass is 380 g/mol. The van der Waals surface area contributed by atoms with E-state index in [0.717, 1.165) is 35.3 Å². The normalized spacial score (nSPS) is 16.7. The van der Waals surface area contributed by atoms with Crippen molar-refractivity contribution in [1.82, 2.24) is 4.98 Å². The molecular weight excluding hydrogens is 367 g/mol. The van der Waals surface area contributed by atoms with Gasteiger partial charge in [0.25, 0.3) is 0 Å². The van der Waals surface area contributed by atoms with E-state index in [-0.39, 0.29) is 11.9 Å². The molecular formula is C12H14ClIN2O2. The van der Waals surface area contributed by atoms with Crippen LogP contribution in [-0.2, 0) is 9.53 Å². The van der Waals surface area contributed by atoms with Crippen LogP contribution in [0.2, 0.25) is 5.02 Å². The number of aromatic nitrogens is 1. The van der Waals surface area contributed by atoms with Crippen molar-refractivity contribution in [2.24, 2.45) is 5.92 Å². The summed E-state index contributed by atoms with van der Waals surface area (Å²) in [5.74, 6) is 0.705. The van der Waals surface area contributed by atoms with Crippen molar-refractivity contribution in [3.8, 4) is 0 Å². The number of pyridine rings is 1. The van der Waals surface area contributed by atoms with Gasteiger partial charge < -0.3 is 9.64 Å². The summed E-state index contributed by atoms with van der Waals surface area (Å²) < 4.78 is 5.77. The van der Waals surface area contributed by atoms with E-state index in [4.69, 9.17) is 16.3 Å². The van der Waals surface area contributed by atoms with Gasteiger partial charge in [0.05, 0.1) is 18.1 Å². The second-order valence-corrected chi connectivity index (χ2v) is 5.76. The maximum atomic E-state index is 11.4. The fourth-order valence-electron chi connectivity index (χ4n) is 2.12. The average molecular weight is 381 g/mol. The number of carbonyl (C=O) groups is 1. The fraction of sp³-hybridized carbons (Fsp3) is 0.500. The van der Waals surface area contributed by atoms with Crippen LogP contribution in [0.4, 0.5) is 5.82 Å². The second kappa shape index (κ2) is 6.06. The Morgan fingerprint density at radius 1 is 1.56 bits per heavy atom. The second-order valence-electron chi connectivity index (χ2n) is 4.21. The molecule has 1 saturated heterocycles. The van der Waals surface area contributed by atoms with Gasteiger partial charge in [-0.25, -0.2) is 4.98 Å². The van der Waals surface area contributed by atoms with Crippen LogP contribution in [0, 0.1) is 9.49 Å². The van der Waals surface area contributed by atoms with Gasteiger partial charge in [0, 0.05) is 22.9 Å². The molecule has 0 atom stereocenters. The van der Waals surface area contributed by atoms with E-state index < -0.39 is 0 Å². The Hall–Kier alpha value is -0.560. The highest BCUT2D eigenvalue weighted by molar-refractivity contribution is 14.1. The lowest BCUT2D eigenvalue weighted by atomic mass is 9.97. The van der Waals surface area contributed by atoms with Crippen LogP contribution in [0.1, 0.15) is 12.8 Å². The molecule has 18 heavy (non-hydrogen) atoms. The summed E-state index contributed by atoms with van der Waals surface area (Å²) in [6, 6.07) is 1.88. The zero-order chi connectivity index (χ0) is 13.1. The topological polar surface area (TPSA) is 42.4 Å². The average Bonchev–Trinajstić information content (AvgIpc) is 2.41. The molecule has 98 valence electrons. The molecule has 0 bridgehead atoms. The molecule has 0 amide bonds. The van der Waals surface area contributed by atoms with Crippen LogP contribution in [-0.4, -0.2) is 31.2 Å². The van der Waals surface area contributed by atoms with Crippen molar-refractivity contribution in [2.45, 2.75) is 12.8 Å². The molecule has 0 spiro atoms. The van der Waals surface area contributed by atoms with Gasteiger partial charge in [-0.3, -0.25) is 4.79 Å². The van der Waals surface area contributed by atoms with Crippen LogP contribution in [0.15, 0.2) is 12.3 Å². The van der Waals surface area contributed by atoms with Crippen molar-refractivity contribution in [3.63, 3.8) is 0 Å². The summed E-state index contributed by atoms with van der Waals surface area (Å²) in [4.78, 5) is 17.9. The summed E-state index contributed by atoms with van der Waals surface area (Å²) in [7, 11) is 1.44.